The number of carbonyl (C=O) groups excluding carboxylic acids is 1. The smallest absolute Gasteiger partial charge is 0.223 e. The summed E-state index contributed by atoms with van der Waals surface area (Å²) in [6, 6.07) is 14.8. The van der Waals surface area contributed by atoms with Gasteiger partial charge in [-0.15, -0.1) is 0 Å². The first-order valence-electron chi connectivity index (χ1n) is 10.3. The number of amides is 1. The SMILES string of the molecule is CN(C)c1ccc(/C=C/C=C/C23NC(=O)CCN2c2ccc(Br)cc2C3(C)C)cc1. The molecular formula is C25H28BrN3O. The van der Waals surface area contributed by atoms with E-state index in [-0.39, 0.29) is 11.3 Å². The fraction of sp³-hybridized carbons (Fsp3) is 0.320. The molecule has 4 rings (SSSR count). The number of rotatable bonds is 4. The molecule has 1 atom stereocenters. The summed E-state index contributed by atoms with van der Waals surface area (Å²) in [7, 11) is 4.08. The van der Waals surface area contributed by atoms with Crippen molar-refractivity contribution in [1.82, 2.24) is 5.32 Å². The molecule has 1 amide bonds. The average Bonchev–Trinajstić information content (AvgIpc) is 2.89. The molecular weight excluding hydrogens is 438 g/mol. The highest BCUT2D eigenvalue weighted by atomic mass is 79.9. The minimum atomic E-state index is -0.579. The minimum absolute atomic E-state index is 0.0964. The molecule has 1 saturated heterocycles. The molecule has 2 aromatic carbocycles. The van der Waals surface area contributed by atoms with E-state index in [0.717, 1.165) is 10.0 Å². The molecule has 0 bridgehead atoms. The van der Waals surface area contributed by atoms with Crippen LogP contribution in [0.1, 0.15) is 31.4 Å². The molecule has 1 unspecified atom stereocenters. The average molecular weight is 466 g/mol. The number of halogens is 1. The van der Waals surface area contributed by atoms with E-state index in [0.29, 0.717) is 13.0 Å². The van der Waals surface area contributed by atoms with Gasteiger partial charge in [0.05, 0.1) is 0 Å². The lowest BCUT2D eigenvalue weighted by Crippen LogP contribution is -2.68. The molecule has 1 fully saturated rings. The molecule has 2 aromatic rings. The van der Waals surface area contributed by atoms with E-state index in [4.69, 9.17) is 0 Å². The Balaban J connectivity index is 1.65. The van der Waals surface area contributed by atoms with E-state index >= 15 is 0 Å². The maximum absolute atomic E-state index is 12.5. The van der Waals surface area contributed by atoms with Crippen LogP contribution in [0, 0.1) is 0 Å². The quantitative estimate of drug-likeness (QED) is 0.637. The van der Waals surface area contributed by atoms with Crippen LogP contribution in [0.15, 0.2) is 65.2 Å². The van der Waals surface area contributed by atoms with Crippen molar-refractivity contribution in [3.8, 4) is 0 Å². The summed E-state index contributed by atoms with van der Waals surface area (Å²) in [5.74, 6) is 0.0964. The Morgan fingerprint density at radius 1 is 1.10 bits per heavy atom. The zero-order chi connectivity index (χ0) is 21.5. The summed E-state index contributed by atoms with van der Waals surface area (Å²) in [6.45, 7) is 5.12. The molecule has 0 saturated carbocycles. The Kier molecular flexibility index (Phi) is 5.27. The third kappa shape index (κ3) is 3.35. The molecule has 30 heavy (non-hydrogen) atoms. The van der Waals surface area contributed by atoms with Gasteiger partial charge in [-0.25, -0.2) is 0 Å². The first-order valence-corrected chi connectivity index (χ1v) is 11.1. The molecule has 0 aromatic heterocycles. The van der Waals surface area contributed by atoms with Crippen molar-refractivity contribution in [3.63, 3.8) is 0 Å². The molecule has 0 spiro atoms. The Labute approximate surface area is 187 Å². The summed E-state index contributed by atoms with van der Waals surface area (Å²) in [5, 5.41) is 3.31. The Hall–Kier alpha value is -2.53. The predicted molar refractivity (Wildman–Crippen MR) is 129 cm³/mol. The lowest BCUT2D eigenvalue weighted by atomic mass is 9.74. The highest BCUT2D eigenvalue weighted by Gasteiger charge is 2.57. The lowest BCUT2D eigenvalue weighted by Gasteiger charge is -2.49. The molecule has 5 heteroatoms. The summed E-state index contributed by atoms with van der Waals surface area (Å²) in [6.07, 6.45) is 8.85. The van der Waals surface area contributed by atoms with Gasteiger partial charge in [-0.05, 0) is 47.5 Å². The van der Waals surface area contributed by atoms with Gasteiger partial charge >= 0.3 is 0 Å². The highest BCUT2D eigenvalue weighted by molar-refractivity contribution is 9.10. The Bertz CT molecular complexity index is 1020. The van der Waals surface area contributed by atoms with E-state index in [1.54, 1.807) is 0 Å². The minimum Gasteiger partial charge on any atom is -0.378 e. The van der Waals surface area contributed by atoms with Gasteiger partial charge in [0.15, 0.2) is 0 Å². The zero-order valence-corrected chi connectivity index (χ0v) is 19.5. The first-order chi connectivity index (χ1) is 14.2. The summed E-state index contributed by atoms with van der Waals surface area (Å²) < 4.78 is 1.06. The van der Waals surface area contributed by atoms with Crippen molar-refractivity contribution in [2.75, 3.05) is 30.4 Å². The van der Waals surface area contributed by atoms with E-state index < -0.39 is 5.66 Å². The molecule has 2 heterocycles. The number of carbonyl (C=O) groups is 1. The normalized spacial score (nSPS) is 22.3. The highest BCUT2D eigenvalue weighted by Crippen LogP contribution is 2.52. The molecule has 0 aliphatic carbocycles. The van der Waals surface area contributed by atoms with Gasteiger partial charge in [0, 0.05) is 48.3 Å². The van der Waals surface area contributed by atoms with Gasteiger partial charge < -0.3 is 15.1 Å². The van der Waals surface area contributed by atoms with Crippen LogP contribution >= 0.6 is 15.9 Å². The maximum Gasteiger partial charge on any atom is 0.223 e. The van der Waals surface area contributed by atoms with E-state index in [9.17, 15) is 4.79 Å². The fourth-order valence-corrected chi connectivity index (χ4v) is 4.93. The van der Waals surface area contributed by atoms with Crippen LogP contribution < -0.4 is 15.1 Å². The number of anilines is 2. The number of hydrogen-bond donors (Lipinski definition) is 1. The second-order valence-electron chi connectivity index (χ2n) is 8.71. The number of hydrogen-bond acceptors (Lipinski definition) is 3. The molecule has 0 radical (unpaired) electrons. The van der Waals surface area contributed by atoms with Gasteiger partial charge in [0.1, 0.15) is 5.66 Å². The molecule has 156 valence electrons. The molecule has 1 N–H and O–H groups in total. The first kappa shape index (κ1) is 20.7. The van der Waals surface area contributed by atoms with Gasteiger partial charge in [0.25, 0.3) is 0 Å². The third-order valence-corrected chi connectivity index (χ3v) is 6.83. The topological polar surface area (TPSA) is 35.6 Å². The monoisotopic (exact) mass is 465 g/mol. The van der Waals surface area contributed by atoms with Crippen LogP contribution in [-0.4, -0.2) is 32.2 Å². The number of nitrogens with zero attached hydrogens (tertiary/aromatic N) is 2. The molecule has 4 nitrogen and oxygen atoms in total. The van der Waals surface area contributed by atoms with Crippen molar-refractivity contribution < 1.29 is 4.79 Å². The van der Waals surface area contributed by atoms with Crippen molar-refractivity contribution in [2.24, 2.45) is 0 Å². The van der Waals surface area contributed by atoms with Gasteiger partial charge in [0.2, 0.25) is 5.91 Å². The van der Waals surface area contributed by atoms with Crippen LogP contribution in [-0.2, 0) is 10.2 Å². The van der Waals surface area contributed by atoms with Crippen molar-refractivity contribution in [3.05, 3.63) is 76.3 Å². The van der Waals surface area contributed by atoms with Gasteiger partial charge in [-0.3, -0.25) is 4.79 Å². The van der Waals surface area contributed by atoms with Crippen molar-refractivity contribution >= 4 is 39.3 Å². The van der Waals surface area contributed by atoms with Crippen molar-refractivity contribution in [2.45, 2.75) is 31.3 Å². The van der Waals surface area contributed by atoms with Crippen LogP contribution in [0.2, 0.25) is 0 Å². The predicted octanol–water partition coefficient (Wildman–Crippen LogP) is 5.10. The maximum atomic E-state index is 12.5. The largest absolute Gasteiger partial charge is 0.378 e. The summed E-state index contributed by atoms with van der Waals surface area (Å²) in [4.78, 5) is 16.9. The second-order valence-corrected chi connectivity index (χ2v) is 9.62. The number of fused-ring (bicyclic) bond motifs is 3. The van der Waals surface area contributed by atoms with E-state index in [1.807, 2.05) is 20.2 Å². The second kappa shape index (κ2) is 7.62. The van der Waals surface area contributed by atoms with Crippen LogP contribution in [0.3, 0.4) is 0 Å². The lowest BCUT2D eigenvalue weighted by molar-refractivity contribution is -0.124. The zero-order valence-electron chi connectivity index (χ0n) is 17.9. The molecule has 2 aliphatic heterocycles. The van der Waals surface area contributed by atoms with Gasteiger partial charge in [-0.1, -0.05) is 60.1 Å². The number of allylic oxidation sites excluding steroid dienone is 2. The number of nitrogens with one attached hydrogen (secondary N) is 1. The summed E-state index contributed by atoms with van der Waals surface area (Å²) >= 11 is 3.61. The standard InChI is InChI=1S/C25H28BrN3O/c1-24(2)21-17-19(26)10-13-22(21)29-16-14-23(30)27-25(24,29)15-6-5-7-18-8-11-20(12-9-18)28(3)4/h5-13,15,17H,14,16H2,1-4H3,(H,27,30)/b7-5+,15-6+. The van der Waals surface area contributed by atoms with E-state index in [2.05, 4.69) is 106 Å². The third-order valence-electron chi connectivity index (χ3n) is 6.34. The Morgan fingerprint density at radius 2 is 1.83 bits per heavy atom. The molecule has 2 aliphatic rings. The van der Waals surface area contributed by atoms with Crippen LogP contribution in [0.5, 0.6) is 0 Å². The van der Waals surface area contributed by atoms with E-state index in [1.165, 1.54) is 16.9 Å². The van der Waals surface area contributed by atoms with Crippen LogP contribution in [0.4, 0.5) is 11.4 Å². The number of benzene rings is 2. The van der Waals surface area contributed by atoms with Crippen molar-refractivity contribution in [1.29, 1.82) is 0 Å². The van der Waals surface area contributed by atoms with Gasteiger partial charge in [-0.2, -0.15) is 0 Å². The Morgan fingerprint density at radius 3 is 2.53 bits per heavy atom. The fourth-order valence-electron chi connectivity index (χ4n) is 4.57. The van der Waals surface area contributed by atoms with Crippen LogP contribution in [0.25, 0.3) is 6.08 Å². The summed E-state index contributed by atoms with van der Waals surface area (Å²) in [5.41, 5.74) is 3.90.